The van der Waals surface area contributed by atoms with E-state index in [-0.39, 0.29) is 0 Å². The predicted molar refractivity (Wildman–Crippen MR) is 146 cm³/mol. The Hall–Kier alpha value is -2.17. The zero-order chi connectivity index (χ0) is 23.8. The number of fused-ring (bicyclic) bond motifs is 1. The number of hydrogen-bond acceptors (Lipinski definition) is 4. The maximum atomic E-state index is 6.12. The summed E-state index contributed by atoms with van der Waals surface area (Å²) in [5.41, 5.74) is 15.0. The third-order valence-electron chi connectivity index (χ3n) is 6.26. The van der Waals surface area contributed by atoms with Crippen LogP contribution in [0.5, 0.6) is 5.75 Å². The summed E-state index contributed by atoms with van der Waals surface area (Å²) in [5, 5.41) is 2.31. The summed E-state index contributed by atoms with van der Waals surface area (Å²) < 4.78 is 6.12. The molecule has 0 aromatic heterocycles. The lowest BCUT2D eigenvalue weighted by molar-refractivity contribution is 0.302. The van der Waals surface area contributed by atoms with Crippen LogP contribution in [0, 0.1) is 13.8 Å². The Morgan fingerprint density at radius 2 is 1.88 bits per heavy atom. The summed E-state index contributed by atoms with van der Waals surface area (Å²) in [4.78, 5) is 3.60. The number of benzene rings is 2. The lowest BCUT2D eigenvalue weighted by Gasteiger charge is -2.25. The number of nitrogens with zero attached hydrogens (tertiary/aromatic N) is 1. The number of ether oxygens (including phenoxy) is 1. The quantitative estimate of drug-likeness (QED) is 0.454. The molecule has 0 unspecified atom stereocenters. The van der Waals surface area contributed by atoms with Crippen LogP contribution in [0.2, 0.25) is 0 Å². The van der Waals surface area contributed by atoms with Gasteiger partial charge in [0.1, 0.15) is 5.75 Å². The fourth-order valence-corrected chi connectivity index (χ4v) is 5.27. The third-order valence-corrected chi connectivity index (χ3v) is 7.43. The first-order chi connectivity index (χ1) is 15.9. The van der Waals surface area contributed by atoms with Gasteiger partial charge in [0.15, 0.2) is 0 Å². The number of rotatable bonds is 8. The second kappa shape index (κ2) is 12.3. The molecule has 1 aliphatic heterocycles. The van der Waals surface area contributed by atoms with Gasteiger partial charge in [-0.1, -0.05) is 48.5 Å². The molecule has 33 heavy (non-hydrogen) atoms. The number of anilines is 1. The molecule has 1 aliphatic rings. The van der Waals surface area contributed by atoms with Crippen molar-refractivity contribution < 1.29 is 4.74 Å². The van der Waals surface area contributed by atoms with Crippen LogP contribution in [0.25, 0.3) is 4.91 Å². The van der Waals surface area contributed by atoms with Crippen molar-refractivity contribution in [1.29, 1.82) is 0 Å². The molecule has 3 rings (SSSR count). The second-order valence-electron chi connectivity index (χ2n) is 9.14. The Bertz CT molecular complexity index is 1010. The molecule has 2 aromatic carbocycles. The molecule has 3 nitrogen and oxygen atoms in total. The molecule has 1 heterocycles. The van der Waals surface area contributed by atoms with Crippen molar-refractivity contribution in [3.63, 3.8) is 0 Å². The van der Waals surface area contributed by atoms with E-state index >= 15 is 0 Å². The van der Waals surface area contributed by atoms with E-state index in [1.54, 1.807) is 0 Å². The number of aryl methyl sites for hydroxylation is 2. The molecular weight excluding hydrogens is 424 g/mol. The normalized spacial score (nSPS) is 15.0. The van der Waals surface area contributed by atoms with Crippen molar-refractivity contribution in [2.45, 2.75) is 59.8 Å². The summed E-state index contributed by atoms with van der Waals surface area (Å²) in [6, 6.07) is 11.3. The van der Waals surface area contributed by atoms with E-state index in [0.717, 1.165) is 44.6 Å². The van der Waals surface area contributed by atoms with Crippen LogP contribution >= 0.6 is 11.8 Å². The van der Waals surface area contributed by atoms with Crippen LogP contribution < -0.4 is 15.4 Å². The van der Waals surface area contributed by atoms with Gasteiger partial charge in [-0.05, 0) is 105 Å². The number of thioether (sulfide) groups is 1. The molecule has 0 fully saturated rings. The van der Waals surface area contributed by atoms with Crippen LogP contribution in [0.15, 0.2) is 47.4 Å². The molecule has 0 saturated heterocycles. The maximum Gasteiger partial charge on any atom is 0.143 e. The van der Waals surface area contributed by atoms with E-state index in [1.165, 1.54) is 50.4 Å². The van der Waals surface area contributed by atoms with Gasteiger partial charge in [-0.3, -0.25) is 0 Å². The molecule has 2 aromatic rings. The van der Waals surface area contributed by atoms with Crippen LogP contribution in [0.3, 0.4) is 0 Å². The molecule has 0 atom stereocenters. The van der Waals surface area contributed by atoms with Gasteiger partial charge in [0, 0.05) is 18.5 Å². The van der Waals surface area contributed by atoms with Crippen LogP contribution in [-0.4, -0.2) is 26.7 Å². The molecular formula is C29H40N2OS. The summed E-state index contributed by atoms with van der Waals surface area (Å²) >= 11 is 1.82. The molecule has 2 N–H and O–H groups in total. The minimum atomic E-state index is 0.700. The summed E-state index contributed by atoms with van der Waals surface area (Å²) in [6.07, 6.45) is 7.53. The minimum absolute atomic E-state index is 0.700. The van der Waals surface area contributed by atoms with Crippen LogP contribution in [0.4, 0.5) is 5.69 Å². The van der Waals surface area contributed by atoms with Crippen molar-refractivity contribution in [2.24, 2.45) is 5.73 Å². The fraction of sp³-hybridized carbons (Fsp3) is 0.448. The zero-order valence-electron chi connectivity index (χ0n) is 21.0. The van der Waals surface area contributed by atoms with Gasteiger partial charge < -0.3 is 15.4 Å². The molecule has 0 spiro atoms. The van der Waals surface area contributed by atoms with Crippen LogP contribution in [0.1, 0.15) is 60.9 Å². The average molecular weight is 465 g/mol. The van der Waals surface area contributed by atoms with Gasteiger partial charge in [0.05, 0.1) is 12.3 Å². The molecule has 0 radical (unpaired) electrons. The average Bonchev–Trinajstić information content (AvgIpc) is 2.78. The van der Waals surface area contributed by atoms with E-state index in [4.69, 9.17) is 10.5 Å². The SMILES string of the molecule is CC/C=C(\S/C=C(\C)Cc1cc(C)c(CCN)cc1C)c1ccc2c(c1)OCCCCN2C. The van der Waals surface area contributed by atoms with Gasteiger partial charge in [-0.15, -0.1) is 0 Å². The highest BCUT2D eigenvalue weighted by atomic mass is 32.2. The first kappa shape index (κ1) is 25.5. The van der Waals surface area contributed by atoms with Crippen LogP contribution in [-0.2, 0) is 12.8 Å². The Morgan fingerprint density at radius 3 is 2.64 bits per heavy atom. The monoisotopic (exact) mass is 464 g/mol. The van der Waals surface area contributed by atoms with Gasteiger partial charge >= 0.3 is 0 Å². The van der Waals surface area contributed by atoms with Crippen molar-refractivity contribution in [3.05, 3.63) is 75.2 Å². The second-order valence-corrected chi connectivity index (χ2v) is 10.1. The molecule has 0 aliphatic carbocycles. The van der Waals surface area contributed by atoms with E-state index in [2.05, 4.69) is 81.5 Å². The smallest absolute Gasteiger partial charge is 0.143 e. The molecule has 0 amide bonds. The third kappa shape index (κ3) is 6.91. The zero-order valence-corrected chi connectivity index (χ0v) is 21.9. The van der Waals surface area contributed by atoms with E-state index in [1.807, 2.05) is 11.8 Å². The Balaban J connectivity index is 1.77. The van der Waals surface area contributed by atoms with E-state index in [0.29, 0.717) is 6.54 Å². The first-order valence-corrected chi connectivity index (χ1v) is 13.1. The Morgan fingerprint density at radius 1 is 1.12 bits per heavy atom. The minimum Gasteiger partial charge on any atom is -0.491 e. The highest BCUT2D eigenvalue weighted by Gasteiger charge is 2.14. The fourth-order valence-electron chi connectivity index (χ4n) is 4.33. The number of nitrogens with two attached hydrogens (primary N) is 1. The van der Waals surface area contributed by atoms with Crippen molar-refractivity contribution in [3.8, 4) is 5.75 Å². The van der Waals surface area contributed by atoms with Crippen molar-refractivity contribution in [1.82, 2.24) is 0 Å². The van der Waals surface area contributed by atoms with Gasteiger partial charge in [0.25, 0.3) is 0 Å². The highest BCUT2D eigenvalue weighted by molar-refractivity contribution is 8.10. The summed E-state index contributed by atoms with van der Waals surface area (Å²) in [7, 11) is 2.16. The van der Waals surface area contributed by atoms with E-state index in [9.17, 15) is 0 Å². The predicted octanol–water partition coefficient (Wildman–Crippen LogP) is 7.04. The molecule has 0 saturated carbocycles. The van der Waals surface area contributed by atoms with Crippen molar-refractivity contribution in [2.75, 3.05) is 31.6 Å². The van der Waals surface area contributed by atoms with Gasteiger partial charge in [-0.2, -0.15) is 0 Å². The number of allylic oxidation sites excluding steroid dienone is 2. The lowest BCUT2D eigenvalue weighted by atomic mass is 9.95. The lowest BCUT2D eigenvalue weighted by Crippen LogP contribution is -2.22. The first-order valence-electron chi connectivity index (χ1n) is 12.2. The molecule has 178 valence electrons. The summed E-state index contributed by atoms with van der Waals surface area (Å²) in [6.45, 7) is 11.4. The highest BCUT2D eigenvalue weighted by Crippen LogP contribution is 2.37. The Labute approximate surface area is 205 Å². The molecule has 4 heteroatoms. The van der Waals surface area contributed by atoms with Gasteiger partial charge in [-0.25, -0.2) is 0 Å². The topological polar surface area (TPSA) is 38.5 Å². The largest absolute Gasteiger partial charge is 0.491 e. The Kier molecular flexibility index (Phi) is 9.52. The van der Waals surface area contributed by atoms with Crippen molar-refractivity contribution >= 4 is 22.4 Å². The summed E-state index contributed by atoms with van der Waals surface area (Å²) in [5.74, 6) is 1.00. The molecule has 0 bridgehead atoms. The van der Waals surface area contributed by atoms with Gasteiger partial charge in [0.2, 0.25) is 0 Å². The number of hydrogen-bond donors (Lipinski definition) is 1. The maximum absolute atomic E-state index is 6.12. The van der Waals surface area contributed by atoms with E-state index < -0.39 is 0 Å². The standard InChI is InChI=1S/C29H40N2OS/c1-6-9-29(25-10-11-27-28(19-25)32-15-8-7-14-31(27)5)33-20-21(2)16-26-18-22(3)24(12-13-30)17-23(26)4/h9-11,17-20H,6-8,12-16,30H2,1-5H3/b21-20+,29-9-.